The Kier molecular flexibility index (Phi) is 6.58. The standard InChI is InChI=1S/C15H21BrN2O4S2/c1-4-10(2)17-15(19)13-8-23-9-18(13)24(20,21)11-5-6-14(22-3)12(16)7-11/h5-7,10,13H,4,8-9H2,1-3H3,(H,17,19). The first-order valence-corrected chi connectivity index (χ1v) is 10.9. The summed E-state index contributed by atoms with van der Waals surface area (Å²) < 4.78 is 32.8. The van der Waals surface area contributed by atoms with Crippen LogP contribution in [0.2, 0.25) is 0 Å². The van der Waals surface area contributed by atoms with E-state index in [0.717, 1.165) is 6.42 Å². The Labute approximate surface area is 155 Å². The summed E-state index contributed by atoms with van der Waals surface area (Å²) in [6, 6.07) is 3.92. The Balaban J connectivity index is 2.27. The maximum atomic E-state index is 12.9. The van der Waals surface area contributed by atoms with Crippen LogP contribution in [-0.2, 0) is 14.8 Å². The number of ether oxygens (including phenoxy) is 1. The summed E-state index contributed by atoms with van der Waals surface area (Å²) in [5, 5.41) is 2.87. The lowest BCUT2D eigenvalue weighted by atomic mass is 10.2. The van der Waals surface area contributed by atoms with Crippen LogP contribution >= 0.6 is 27.7 Å². The molecule has 2 unspecified atom stereocenters. The number of nitrogens with zero attached hydrogens (tertiary/aromatic N) is 1. The van der Waals surface area contributed by atoms with Crippen molar-refractivity contribution in [2.45, 2.75) is 37.2 Å². The molecule has 1 aromatic carbocycles. The molecule has 1 N–H and O–H groups in total. The van der Waals surface area contributed by atoms with E-state index < -0.39 is 16.1 Å². The van der Waals surface area contributed by atoms with Crippen molar-refractivity contribution >= 4 is 43.6 Å². The first-order valence-electron chi connectivity index (χ1n) is 7.54. The topological polar surface area (TPSA) is 75.7 Å². The van der Waals surface area contributed by atoms with Crippen LogP contribution in [0, 0.1) is 0 Å². The molecule has 1 amide bonds. The van der Waals surface area contributed by atoms with E-state index in [1.807, 2.05) is 13.8 Å². The molecule has 1 saturated heterocycles. The number of hydrogen-bond acceptors (Lipinski definition) is 5. The van der Waals surface area contributed by atoms with Gasteiger partial charge in [0.2, 0.25) is 15.9 Å². The summed E-state index contributed by atoms with van der Waals surface area (Å²) in [6.45, 7) is 3.87. The first-order chi connectivity index (χ1) is 11.3. The third kappa shape index (κ3) is 4.07. The molecule has 1 aromatic rings. The van der Waals surface area contributed by atoms with Crippen molar-refractivity contribution < 1.29 is 17.9 Å². The van der Waals surface area contributed by atoms with Gasteiger partial charge in [0.1, 0.15) is 11.8 Å². The van der Waals surface area contributed by atoms with Crippen molar-refractivity contribution in [2.24, 2.45) is 0 Å². The van der Waals surface area contributed by atoms with Crippen molar-refractivity contribution in [1.29, 1.82) is 0 Å². The number of rotatable bonds is 6. The number of benzene rings is 1. The molecule has 2 atom stereocenters. The molecule has 2 rings (SSSR count). The third-order valence-corrected chi connectivity index (χ3v) is 7.52. The summed E-state index contributed by atoms with van der Waals surface area (Å²) in [5.74, 6) is 1.03. The summed E-state index contributed by atoms with van der Waals surface area (Å²) in [7, 11) is -2.24. The normalized spacial score (nSPS) is 19.9. The number of carbonyl (C=O) groups excluding carboxylic acids is 1. The molecule has 134 valence electrons. The number of carbonyl (C=O) groups is 1. The van der Waals surface area contributed by atoms with E-state index in [1.165, 1.54) is 35.3 Å². The Morgan fingerprint density at radius 3 is 2.83 bits per heavy atom. The van der Waals surface area contributed by atoms with Crippen molar-refractivity contribution in [3.63, 3.8) is 0 Å². The minimum atomic E-state index is -3.76. The molecule has 24 heavy (non-hydrogen) atoms. The number of methoxy groups -OCH3 is 1. The maximum absolute atomic E-state index is 12.9. The highest BCUT2D eigenvalue weighted by atomic mass is 79.9. The molecule has 1 aliphatic heterocycles. The van der Waals surface area contributed by atoms with Gasteiger partial charge in [0, 0.05) is 11.8 Å². The minimum Gasteiger partial charge on any atom is -0.496 e. The quantitative estimate of drug-likeness (QED) is 0.740. The average molecular weight is 437 g/mol. The van der Waals surface area contributed by atoms with Gasteiger partial charge in [-0.1, -0.05) is 6.92 Å². The van der Waals surface area contributed by atoms with Crippen LogP contribution in [0.3, 0.4) is 0 Å². The van der Waals surface area contributed by atoms with Gasteiger partial charge in [0.25, 0.3) is 0 Å². The number of nitrogens with one attached hydrogen (secondary N) is 1. The van der Waals surface area contributed by atoms with Crippen molar-refractivity contribution in [3.05, 3.63) is 22.7 Å². The Bertz CT molecular complexity index is 711. The second-order valence-corrected chi connectivity index (χ2v) is 9.27. The van der Waals surface area contributed by atoms with E-state index in [4.69, 9.17) is 4.74 Å². The fourth-order valence-corrected chi connectivity index (χ4v) is 6.12. The largest absolute Gasteiger partial charge is 0.496 e. The van der Waals surface area contributed by atoms with Crippen LogP contribution in [0.5, 0.6) is 5.75 Å². The number of amides is 1. The molecule has 1 fully saturated rings. The molecule has 6 nitrogen and oxygen atoms in total. The molecular formula is C15H21BrN2O4S2. The predicted molar refractivity (Wildman–Crippen MR) is 98.7 cm³/mol. The van der Waals surface area contributed by atoms with Crippen molar-refractivity contribution in [2.75, 3.05) is 18.7 Å². The second-order valence-electron chi connectivity index (χ2n) is 5.52. The summed E-state index contributed by atoms with van der Waals surface area (Å²) in [5.41, 5.74) is 0. The van der Waals surface area contributed by atoms with Crippen LogP contribution in [0.25, 0.3) is 0 Å². The SMILES string of the molecule is CCC(C)NC(=O)C1CSCN1S(=O)(=O)c1ccc(OC)c(Br)c1. The molecule has 0 aliphatic carbocycles. The fraction of sp³-hybridized carbons (Fsp3) is 0.533. The van der Waals surface area contributed by atoms with Crippen LogP contribution < -0.4 is 10.1 Å². The first kappa shape index (κ1) is 19.6. The lowest BCUT2D eigenvalue weighted by molar-refractivity contribution is -0.124. The van der Waals surface area contributed by atoms with Crippen LogP contribution in [0.1, 0.15) is 20.3 Å². The van der Waals surface area contributed by atoms with Gasteiger partial charge in [-0.15, -0.1) is 11.8 Å². The van der Waals surface area contributed by atoms with Crippen LogP contribution in [0.4, 0.5) is 0 Å². The van der Waals surface area contributed by atoms with E-state index >= 15 is 0 Å². The number of halogens is 1. The highest BCUT2D eigenvalue weighted by molar-refractivity contribution is 9.10. The molecule has 0 spiro atoms. The molecular weight excluding hydrogens is 416 g/mol. The molecule has 9 heteroatoms. The Morgan fingerprint density at radius 2 is 2.25 bits per heavy atom. The summed E-state index contributed by atoms with van der Waals surface area (Å²) in [6.07, 6.45) is 0.795. The van der Waals surface area contributed by atoms with Crippen LogP contribution in [0.15, 0.2) is 27.6 Å². The highest BCUT2D eigenvalue weighted by Crippen LogP contribution is 2.32. The van der Waals surface area contributed by atoms with Gasteiger partial charge in [-0.25, -0.2) is 8.42 Å². The molecule has 0 radical (unpaired) electrons. The van der Waals surface area contributed by atoms with E-state index in [-0.39, 0.29) is 22.7 Å². The van der Waals surface area contributed by atoms with E-state index in [9.17, 15) is 13.2 Å². The highest BCUT2D eigenvalue weighted by Gasteiger charge is 2.40. The van der Waals surface area contributed by atoms with Gasteiger partial charge in [-0.3, -0.25) is 4.79 Å². The number of thioether (sulfide) groups is 1. The molecule has 1 aliphatic rings. The lowest BCUT2D eigenvalue weighted by Crippen LogP contribution is -2.49. The summed E-state index contributed by atoms with van der Waals surface area (Å²) >= 11 is 4.74. The zero-order chi connectivity index (χ0) is 17.9. The van der Waals surface area contributed by atoms with E-state index in [1.54, 1.807) is 6.07 Å². The van der Waals surface area contributed by atoms with Gasteiger partial charge in [0.05, 0.1) is 22.4 Å². The van der Waals surface area contributed by atoms with Crippen molar-refractivity contribution in [3.8, 4) is 5.75 Å². The average Bonchev–Trinajstić information content (AvgIpc) is 3.05. The zero-order valence-corrected chi connectivity index (χ0v) is 17.0. The predicted octanol–water partition coefficient (Wildman–Crippen LogP) is 2.44. The number of hydrogen-bond donors (Lipinski definition) is 1. The molecule has 1 heterocycles. The Hall–Kier alpha value is -0.770. The Morgan fingerprint density at radius 1 is 1.54 bits per heavy atom. The second kappa shape index (κ2) is 8.07. The number of sulfonamides is 1. The molecule has 0 bridgehead atoms. The van der Waals surface area contributed by atoms with Gasteiger partial charge in [0.15, 0.2) is 0 Å². The van der Waals surface area contributed by atoms with Crippen molar-refractivity contribution in [1.82, 2.24) is 9.62 Å². The zero-order valence-electron chi connectivity index (χ0n) is 13.8. The molecule has 0 aromatic heterocycles. The van der Waals surface area contributed by atoms with E-state index in [2.05, 4.69) is 21.2 Å². The van der Waals surface area contributed by atoms with Crippen LogP contribution in [-0.4, -0.2) is 49.5 Å². The lowest BCUT2D eigenvalue weighted by Gasteiger charge is -2.24. The fourth-order valence-electron chi connectivity index (χ4n) is 2.25. The monoisotopic (exact) mass is 436 g/mol. The smallest absolute Gasteiger partial charge is 0.244 e. The van der Waals surface area contributed by atoms with Gasteiger partial charge < -0.3 is 10.1 Å². The van der Waals surface area contributed by atoms with Gasteiger partial charge in [-0.2, -0.15) is 4.31 Å². The van der Waals surface area contributed by atoms with Gasteiger partial charge >= 0.3 is 0 Å². The molecule has 0 saturated carbocycles. The third-order valence-electron chi connectivity index (χ3n) is 3.88. The maximum Gasteiger partial charge on any atom is 0.244 e. The van der Waals surface area contributed by atoms with E-state index in [0.29, 0.717) is 16.0 Å². The minimum absolute atomic E-state index is 0.0165. The van der Waals surface area contributed by atoms with Gasteiger partial charge in [-0.05, 0) is 47.5 Å². The summed E-state index contributed by atoms with van der Waals surface area (Å²) in [4.78, 5) is 12.5.